The number of fused-ring (bicyclic) bond motifs is 1. The lowest BCUT2D eigenvalue weighted by Crippen LogP contribution is -2.09. The monoisotopic (exact) mass is 285 g/mol. The van der Waals surface area contributed by atoms with Gasteiger partial charge in [0.2, 0.25) is 0 Å². The summed E-state index contributed by atoms with van der Waals surface area (Å²) >= 11 is 0. The molecule has 2 aromatic rings. The van der Waals surface area contributed by atoms with Crippen LogP contribution in [0.2, 0.25) is 0 Å². The largest absolute Gasteiger partial charge is 0.370 e. The number of rotatable bonds is 3. The van der Waals surface area contributed by atoms with E-state index in [1.54, 1.807) is 0 Å². The van der Waals surface area contributed by atoms with Crippen LogP contribution in [0.25, 0.3) is 11.4 Å². The first-order chi connectivity index (χ1) is 10.2. The molecule has 0 spiro atoms. The average molecular weight is 285 g/mol. The first-order valence-corrected chi connectivity index (χ1v) is 7.83. The molecule has 0 aromatic carbocycles. The van der Waals surface area contributed by atoms with E-state index in [1.165, 1.54) is 30.5 Å². The topological polar surface area (TPSA) is 55.6 Å². The van der Waals surface area contributed by atoms with Gasteiger partial charge in [0.15, 0.2) is 5.82 Å². The van der Waals surface area contributed by atoms with Crippen LogP contribution < -0.4 is 5.32 Å². The van der Waals surface area contributed by atoms with Crippen molar-refractivity contribution in [2.45, 2.75) is 46.0 Å². The van der Waals surface area contributed by atoms with E-state index < -0.39 is 0 Å². The quantitative estimate of drug-likeness (QED) is 0.881. The summed E-state index contributed by atoms with van der Waals surface area (Å²) in [5.74, 6) is 1.82. The van der Waals surface area contributed by atoms with Gasteiger partial charge in [-0.05, 0) is 39.5 Å². The molecule has 0 fully saturated rings. The minimum Gasteiger partial charge on any atom is -0.370 e. The zero-order valence-electron chi connectivity index (χ0n) is 13.1. The maximum atomic E-state index is 4.86. The van der Waals surface area contributed by atoms with E-state index in [0.29, 0.717) is 0 Å². The van der Waals surface area contributed by atoms with Crippen molar-refractivity contribution < 1.29 is 0 Å². The Morgan fingerprint density at radius 3 is 2.71 bits per heavy atom. The fourth-order valence-corrected chi connectivity index (χ4v) is 2.92. The van der Waals surface area contributed by atoms with Gasteiger partial charge < -0.3 is 5.32 Å². The van der Waals surface area contributed by atoms with Crippen LogP contribution >= 0.6 is 0 Å². The molecule has 5 nitrogen and oxygen atoms in total. The minimum absolute atomic E-state index is 0.803. The van der Waals surface area contributed by atoms with Crippen molar-refractivity contribution in [3.05, 3.63) is 23.1 Å². The van der Waals surface area contributed by atoms with Crippen molar-refractivity contribution in [2.75, 3.05) is 11.9 Å². The van der Waals surface area contributed by atoms with Crippen LogP contribution in [0, 0.1) is 6.92 Å². The Hall–Kier alpha value is -1.91. The Labute approximate surface area is 125 Å². The SMILES string of the molecule is CCNc1nc(-c2cnn(C)c2C)nc2c1CCCCC2. The van der Waals surface area contributed by atoms with Gasteiger partial charge in [-0.2, -0.15) is 5.10 Å². The molecule has 0 amide bonds. The van der Waals surface area contributed by atoms with E-state index in [4.69, 9.17) is 9.97 Å². The molecular weight excluding hydrogens is 262 g/mol. The van der Waals surface area contributed by atoms with Crippen molar-refractivity contribution in [1.82, 2.24) is 19.7 Å². The summed E-state index contributed by atoms with van der Waals surface area (Å²) in [6.07, 6.45) is 7.75. The van der Waals surface area contributed by atoms with Gasteiger partial charge in [0.25, 0.3) is 0 Å². The Morgan fingerprint density at radius 1 is 1.19 bits per heavy atom. The number of hydrogen-bond donors (Lipinski definition) is 1. The van der Waals surface area contributed by atoms with E-state index in [1.807, 2.05) is 17.9 Å². The van der Waals surface area contributed by atoms with E-state index in [-0.39, 0.29) is 0 Å². The highest BCUT2D eigenvalue weighted by atomic mass is 15.3. The lowest BCUT2D eigenvalue weighted by atomic mass is 10.1. The van der Waals surface area contributed by atoms with Gasteiger partial charge in [0.05, 0.1) is 11.8 Å². The lowest BCUT2D eigenvalue weighted by molar-refractivity contribution is 0.709. The zero-order chi connectivity index (χ0) is 14.8. The van der Waals surface area contributed by atoms with Gasteiger partial charge in [-0.25, -0.2) is 9.97 Å². The van der Waals surface area contributed by atoms with Crippen LogP contribution in [-0.4, -0.2) is 26.3 Å². The Bertz CT molecular complexity index is 644. The summed E-state index contributed by atoms with van der Waals surface area (Å²) in [7, 11) is 1.95. The van der Waals surface area contributed by atoms with Crippen LogP contribution in [0.1, 0.15) is 43.1 Å². The van der Waals surface area contributed by atoms with Gasteiger partial charge in [0, 0.05) is 30.5 Å². The number of aromatic nitrogens is 4. The second-order valence-electron chi connectivity index (χ2n) is 5.68. The molecule has 2 aromatic heterocycles. The third-order valence-corrected chi connectivity index (χ3v) is 4.25. The van der Waals surface area contributed by atoms with E-state index >= 15 is 0 Å². The maximum absolute atomic E-state index is 4.86. The Balaban J connectivity index is 2.12. The molecule has 5 heteroatoms. The fraction of sp³-hybridized carbons (Fsp3) is 0.562. The third kappa shape index (κ3) is 2.64. The molecule has 2 heterocycles. The molecule has 0 atom stereocenters. The molecule has 1 aliphatic carbocycles. The van der Waals surface area contributed by atoms with Crippen molar-refractivity contribution in [2.24, 2.45) is 7.05 Å². The number of hydrogen-bond acceptors (Lipinski definition) is 4. The molecule has 1 aliphatic rings. The van der Waals surface area contributed by atoms with Crippen LogP contribution in [0.4, 0.5) is 5.82 Å². The second kappa shape index (κ2) is 5.84. The first kappa shape index (κ1) is 14.0. The summed E-state index contributed by atoms with van der Waals surface area (Å²) in [4.78, 5) is 9.64. The van der Waals surface area contributed by atoms with Crippen molar-refractivity contribution in [3.8, 4) is 11.4 Å². The second-order valence-corrected chi connectivity index (χ2v) is 5.68. The molecule has 3 rings (SSSR count). The number of nitrogens with one attached hydrogen (secondary N) is 1. The molecule has 1 N–H and O–H groups in total. The highest BCUT2D eigenvalue weighted by Crippen LogP contribution is 2.28. The molecular formula is C16H23N5. The van der Waals surface area contributed by atoms with Crippen molar-refractivity contribution in [3.63, 3.8) is 0 Å². The van der Waals surface area contributed by atoms with Gasteiger partial charge in [-0.1, -0.05) is 6.42 Å². The summed E-state index contributed by atoms with van der Waals surface area (Å²) in [5.41, 5.74) is 4.67. The van der Waals surface area contributed by atoms with Crippen LogP contribution in [0.15, 0.2) is 6.20 Å². The molecule has 0 bridgehead atoms. The van der Waals surface area contributed by atoms with Crippen molar-refractivity contribution in [1.29, 1.82) is 0 Å². The molecule has 0 unspecified atom stereocenters. The molecule has 112 valence electrons. The van der Waals surface area contributed by atoms with Gasteiger partial charge >= 0.3 is 0 Å². The summed E-state index contributed by atoms with van der Waals surface area (Å²) in [5, 5.41) is 7.74. The zero-order valence-corrected chi connectivity index (χ0v) is 13.1. The van der Waals surface area contributed by atoms with Gasteiger partial charge in [0.1, 0.15) is 5.82 Å². The highest BCUT2D eigenvalue weighted by molar-refractivity contribution is 5.61. The van der Waals surface area contributed by atoms with E-state index in [0.717, 1.165) is 42.3 Å². The number of anilines is 1. The Kier molecular flexibility index (Phi) is 3.90. The normalized spacial score (nSPS) is 14.6. The number of aryl methyl sites for hydroxylation is 2. The molecule has 0 aliphatic heterocycles. The third-order valence-electron chi connectivity index (χ3n) is 4.25. The maximum Gasteiger partial charge on any atom is 0.165 e. The van der Waals surface area contributed by atoms with Gasteiger partial charge in [-0.15, -0.1) is 0 Å². The summed E-state index contributed by atoms with van der Waals surface area (Å²) < 4.78 is 1.87. The molecule has 0 saturated heterocycles. The van der Waals surface area contributed by atoms with E-state index in [2.05, 4.69) is 24.3 Å². The van der Waals surface area contributed by atoms with Crippen molar-refractivity contribution >= 4 is 5.82 Å². The standard InChI is InChI=1S/C16H23N5/c1-4-17-15-12-8-6-5-7-9-14(12)19-16(20-15)13-10-18-21(3)11(13)2/h10H,4-9H2,1-3H3,(H,17,19,20). The first-order valence-electron chi connectivity index (χ1n) is 7.83. The molecule has 21 heavy (non-hydrogen) atoms. The summed E-state index contributed by atoms with van der Waals surface area (Å²) in [6.45, 7) is 5.05. The van der Waals surface area contributed by atoms with Gasteiger partial charge in [-0.3, -0.25) is 4.68 Å². The predicted molar refractivity (Wildman–Crippen MR) is 84.4 cm³/mol. The Morgan fingerprint density at radius 2 is 2.00 bits per heavy atom. The average Bonchev–Trinajstić information content (AvgIpc) is 2.68. The summed E-state index contributed by atoms with van der Waals surface area (Å²) in [6, 6.07) is 0. The lowest BCUT2D eigenvalue weighted by Gasteiger charge is -2.14. The van der Waals surface area contributed by atoms with Crippen LogP contribution in [-0.2, 0) is 19.9 Å². The van der Waals surface area contributed by atoms with Crippen LogP contribution in [0.3, 0.4) is 0 Å². The predicted octanol–water partition coefficient (Wildman–Crippen LogP) is 2.89. The minimum atomic E-state index is 0.803. The molecule has 0 saturated carbocycles. The smallest absolute Gasteiger partial charge is 0.165 e. The fourth-order valence-electron chi connectivity index (χ4n) is 2.92. The highest BCUT2D eigenvalue weighted by Gasteiger charge is 2.18. The van der Waals surface area contributed by atoms with Crippen LogP contribution in [0.5, 0.6) is 0 Å². The molecule has 0 radical (unpaired) electrons. The number of nitrogens with zero attached hydrogens (tertiary/aromatic N) is 4. The van der Waals surface area contributed by atoms with E-state index in [9.17, 15) is 0 Å².